The zero-order chi connectivity index (χ0) is 25.6. The van der Waals surface area contributed by atoms with Gasteiger partial charge in [-0.05, 0) is 93.8 Å². The van der Waals surface area contributed by atoms with Gasteiger partial charge in [0, 0.05) is 23.9 Å². The number of hydrogen-bond donors (Lipinski definition) is 4. The molecular formula is C27H36Cl4N2O2. The van der Waals surface area contributed by atoms with Gasteiger partial charge in [0.25, 0.3) is 0 Å². The van der Waals surface area contributed by atoms with Gasteiger partial charge >= 0.3 is 0 Å². The number of rotatable bonds is 5. The van der Waals surface area contributed by atoms with Crippen molar-refractivity contribution < 1.29 is 10.2 Å². The van der Waals surface area contributed by atoms with Gasteiger partial charge in [0.15, 0.2) is 0 Å². The quantitative estimate of drug-likeness (QED) is 0.335. The highest BCUT2D eigenvalue weighted by molar-refractivity contribution is 6.42. The van der Waals surface area contributed by atoms with Crippen LogP contribution in [0.4, 0.5) is 0 Å². The van der Waals surface area contributed by atoms with Crippen LogP contribution in [0, 0.1) is 0 Å². The summed E-state index contributed by atoms with van der Waals surface area (Å²) in [6.45, 7) is 1.38. The number of benzene rings is 2. The minimum atomic E-state index is -0.262. The van der Waals surface area contributed by atoms with E-state index in [2.05, 4.69) is 5.32 Å². The number of aliphatic hydroxyl groups is 2. The van der Waals surface area contributed by atoms with Gasteiger partial charge in [0.2, 0.25) is 0 Å². The van der Waals surface area contributed by atoms with Crippen molar-refractivity contribution in [1.29, 1.82) is 0 Å². The predicted molar refractivity (Wildman–Crippen MR) is 148 cm³/mol. The summed E-state index contributed by atoms with van der Waals surface area (Å²) >= 11 is 24.1. The lowest BCUT2D eigenvalue weighted by Gasteiger charge is -2.40. The van der Waals surface area contributed by atoms with Crippen molar-refractivity contribution >= 4 is 46.4 Å². The van der Waals surface area contributed by atoms with E-state index in [4.69, 9.17) is 52.1 Å². The Balaban J connectivity index is 0.000000196. The molecule has 0 aliphatic heterocycles. The maximum atomic E-state index is 9.97. The Morgan fingerprint density at radius 1 is 0.800 bits per heavy atom. The molecule has 0 radical (unpaired) electrons. The van der Waals surface area contributed by atoms with Crippen LogP contribution in [0.25, 0.3) is 0 Å². The number of likely N-dealkylation sites (N-methyl/N-ethyl adjacent to an activating group) is 1. The molecule has 8 heteroatoms. The molecule has 194 valence electrons. The highest BCUT2D eigenvalue weighted by Gasteiger charge is 2.37. The van der Waals surface area contributed by atoms with Gasteiger partial charge in [-0.2, -0.15) is 0 Å². The van der Waals surface area contributed by atoms with Crippen LogP contribution in [-0.4, -0.2) is 42.6 Å². The molecule has 2 aromatic carbocycles. The summed E-state index contributed by atoms with van der Waals surface area (Å²) in [4.78, 5) is 0. The van der Waals surface area contributed by atoms with E-state index in [0.717, 1.165) is 57.1 Å². The molecule has 0 bridgehead atoms. The van der Waals surface area contributed by atoms with Gasteiger partial charge in [0.05, 0.1) is 32.3 Å². The summed E-state index contributed by atoms with van der Waals surface area (Å²) in [6.07, 6.45) is 6.88. The molecule has 2 aliphatic carbocycles. The molecule has 4 rings (SSSR count). The molecule has 4 unspecified atom stereocenters. The molecule has 4 nitrogen and oxygen atoms in total. The molecular weight excluding hydrogens is 526 g/mol. The molecule has 35 heavy (non-hydrogen) atoms. The minimum absolute atomic E-state index is 0.0271. The lowest BCUT2D eigenvalue weighted by molar-refractivity contribution is 0.0844. The molecule has 0 spiro atoms. The minimum Gasteiger partial charge on any atom is -0.393 e. The number of aliphatic hydroxyl groups excluding tert-OH is 2. The fourth-order valence-corrected chi connectivity index (χ4v) is 6.34. The topological polar surface area (TPSA) is 78.5 Å². The van der Waals surface area contributed by atoms with Crippen molar-refractivity contribution in [3.8, 4) is 0 Å². The predicted octanol–water partition coefficient (Wildman–Crippen LogP) is 6.51. The van der Waals surface area contributed by atoms with Crippen molar-refractivity contribution in [2.45, 2.75) is 74.4 Å². The summed E-state index contributed by atoms with van der Waals surface area (Å²) in [7, 11) is 1.94. The van der Waals surface area contributed by atoms with Gasteiger partial charge in [-0.25, -0.2) is 0 Å². The molecule has 0 heterocycles. The third-order valence-electron chi connectivity index (χ3n) is 7.61. The van der Waals surface area contributed by atoms with Crippen molar-refractivity contribution in [3.05, 3.63) is 67.6 Å². The normalized spacial score (nSPS) is 28.8. The number of nitrogens with two attached hydrogens (primary N) is 1. The van der Waals surface area contributed by atoms with Crippen LogP contribution in [0.15, 0.2) is 36.4 Å². The Hall–Kier alpha value is -0.560. The van der Waals surface area contributed by atoms with Crippen molar-refractivity contribution in [2.75, 3.05) is 20.1 Å². The summed E-state index contributed by atoms with van der Waals surface area (Å²) in [5.41, 5.74) is 8.02. The second-order valence-corrected chi connectivity index (χ2v) is 11.7. The SMILES string of the molecule is CNCC1(c2ccc(Cl)c(Cl)c2)CCCC(O)C1.NCC1(c2ccc(Cl)c(Cl)c2)CCCC(O)C1. The maximum absolute atomic E-state index is 9.97. The zero-order valence-corrected chi connectivity index (χ0v) is 23.2. The Labute approximate surface area is 229 Å². The van der Waals surface area contributed by atoms with Gasteiger partial charge in [-0.3, -0.25) is 0 Å². The first-order valence-electron chi connectivity index (χ1n) is 12.3. The molecule has 0 saturated heterocycles. The number of hydrogen-bond acceptors (Lipinski definition) is 4. The third kappa shape index (κ3) is 7.06. The van der Waals surface area contributed by atoms with E-state index in [9.17, 15) is 10.2 Å². The van der Waals surface area contributed by atoms with Crippen molar-refractivity contribution in [3.63, 3.8) is 0 Å². The molecule has 4 atom stereocenters. The molecule has 5 N–H and O–H groups in total. The second kappa shape index (κ2) is 12.8. The van der Waals surface area contributed by atoms with E-state index in [1.54, 1.807) is 6.07 Å². The lowest BCUT2D eigenvalue weighted by atomic mass is 9.68. The van der Waals surface area contributed by atoms with E-state index in [1.807, 2.05) is 37.4 Å². The highest BCUT2D eigenvalue weighted by atomic mass is 35.5. The summed E-state index contributed by atoms with van der Waals surface area (Å²) in [5, 5.41) is 25.3. The van der Waals surface area contributed by atoms with E-state index in [1.165, 1.54) is 5.56 Å². The molecule has 2 aromatic rings. The lowest BCUT2D eigenvalue weighted by Crippen LogP contribution is -2.42. The Bertz CT molecular complexity index is 988. The largest absolute Gasteiger partial charge is 0.393 e. The first kappa shape index (κ1) is 29.0. The first-order chi connectivity index (χ1) is 16.6. The average molecular weight is 562 g/mol. The van der Waals surface area contributed by atoms with Gasteiger partial charge < -0.3 is 21.3 Å². The molecule has 2 aliphatic rings. The van der Waals surface area contributed by atoms with Crippen molar-refractivity contribution in [2.24, 2.45) is 5.73 Å². The Morgan fingerprint density at radius 2 is 1.26 bits per heavy atom. The van der Waals surface area contributed by atoms with Crippen LogP contribution in [0.2, 0.25) is 20.1 Å². The van der Waals surface area contributed by atoms with Gasteiger partial charge in [-0.15, -0.1) is 0 Å². The smallest absolute Gasteiger partial charge is 0.0595 e. The summed E-state index contributed by atoms with van der Waals surface area (Å²) < 4.78 is 0. The van der Waals surface area contributed by atoms with Crippen LogP contribution >= 0.6 is 46.4 Å². The van der Waals surface area contributed by atoms with Crippen LogP contribution < -0.4 is 11.1 Å². The van der Waals surface area contributed by atoms with E-state index < -0.39 is 0 Å². The molecule has 0 aromatic heterocycles. The van der Waals surface area contributed by atoms with E-state index in [0.29, 0.717) is 33.1 Å². The summed E-state index contributed by atoms with van der Waals surface area (Å²) in [5.74, 6) is 0. The molecule has 2 saturated carbocycles. The zero-order valence-electron chi connectivity index (χ0n) is 20.2. The van der Waals surface area contributed by atoms with E-state index >= 15 is 0 Å². The second-order valence-electron chi connectivity index (χ2n) is 10.1. The first-order valence-corrected chi connectivity index (χ1v) is 13.8. The molecule has 2 fully saturated rings. The number of nitrogens with one attached hydrogen (secondary N) is 1. The maximum Gasteiger partial charge on any atom is 0.0595 e. The van der Waals surface area contributed by atoms with Crippen LogP contribution in [0.5, 0.6) is 0 Å². The number of halogens is 4. The van der Waals surface area contributed by atoms with Gasteiger partial charge in [0.1, 0.15) is 0 Å². The van der Waals surface area contributed by atoms with Crippen molar-refractivity contribution in [1.82, 2.24) is 5.32 Å². The highest BCUT2D eigenvalue weighted by Crippen LogP contribution is 2.42. The fraction of sp³-hybridized carbons (Fsp3) is 0.556. The Kier molecular flexibility index (Phi) is 10.6. The van der Waals surface area contributed by atoms with Crippen LogP contribution in [0.3, 0.4) is 0 Å². The summed E-state index contributed by atoms with van der Waals surface area (Å²) in [6, 6.07) is 11.5. The average Bonchev–Trinajstić information content (AvgIpc) is 2.83. The third-order valence-corrected chi connectivity index (χ3v) is 9.09. The van der Waals surface area contributed by atoms with Crippen LogP contribution in [-0.2, 0) is 10.8 Å². The standard InChI is InChI=1S/C14H19Cl2NO.C13H17Cl2NO/c1-17-9-14(6-2-3-11(18)8-14)10-4-5-12(15)13(16)7-10;14-11-4-3-9(6-12(11)15)13(8-16)5-1-2-10(17)7-13/h4-5,7,11,17-18H,2-3,6,8-9H2,1H3;3-4,6,10,17H,1-2,5,7-8,16H2. The Morgan fingerprint density at radius 3 is 1.69 bits per heavy atom. The fourth-order valence-electron chi connectivity index (χ4n) is 5.74. The monoisotopic (exact) mass is 560 g/mol. The van der Waals surface area contributed by atoms with Gasteiger partial charge in [-0.1, -0.05) is 58.5 Å². The molecule has 0 amide bonds. The van der Waals surface area contributed by atoms with E-state index in [-0.39, 0.29) is 23.0 Å². The van der Waals surface area contributed by atoms with Crippen LogP contribution in [0.1, 0.15) is 62.5 Å².